The SMILES string of the molecule is C.CC(C)(C)[Si](C)(C)OCCNc1ccccc1.CCCN(C(=O)Cc1ccc(CCC(=O)NO)cc1)c1ccccc1.CCCN(C(=O)Cc1ccc(CCC(=O)OC)cc1)c1ccccc1.NO.O=C(CCc1ccc(CC(=O)N(CCO)c2ccccc2)cc1)NO.O=C(O)Cc1ccc(CCC(=O)CO)cc1. The number of carbonyl (C=O) groups excluding carboxylic acids is 7. The predicted molar refractivity (Wildman–Crippen MR) is 440 cm³/mol. The monoisotopic (exact) mass is 1540 g/mol. The molecule has 5 amide bonds. The molecule has 0 aliphatic heterocycles. The number of para-hydroxylation sites is 4. The summed E-state index contributed by atoms with van der Waals surface area (Å²) in [6.45, 7) is 18.3. The van der Waals surface area contributed by atoms with Gasteiger partial charge in [-0.15, -0.1) is 0 Å². The van der Waals surface area contributed by atoms with Gasteiger partial charge in [-0.1, -0.05) is 212 Å². The normalized spacial score (nSPS) is 10.4. The number of nitrogens with one attached hydrogen (secondary N) is 3. The number of ether oxygens (including phenoxy) is 1. The maximum Gasteiger partial charge on any atom is 0.307 e. The molecule has 111 heavy (non-hydrogen) atoms. The molecule has 0 aliphatic carbocycles. The number of benzene rings is 8. The van der Waals surface area contributed by atoms with E-state index in [4.69, 9.17) is 30.3 Å². The van der Waals surface area contributed by atoms with Crippen LogP contribution in [-0.2, 0) is 98.9 Å². The molecule has 8 rings (SSSR count). The minimum Gasteiger partial charge on any atom is -0.481 e. The zero-order chi connectivity index (χ0) is 81.1. The standard InChI is InChI=1S/C21H25NO3.C20H24N2O3.C19H22N2O4.C14H25NOSi.C12H14O4.CH4.H3NO/c1-3-15-22(19-7-5-4-6-8-19)20(23)16-18-11-9-17(10-12-18)13-14-21(24)25-2;1-2-14-22(18-6-4-3-5-7-18)20(24)15-17-10-8-16(9-11-17)12-13-19(23)21-25;22-13-12-21(17-4-2-1-3-5-17)19(24)14-16-8-6-15(7-9-16)10-11-18(23)20-25;1-14(2,3)17(4,5)16-12-11-15-13-9-7-6-8-10-13;13-8-11(14)6-5-9-1-3-10(4-2-9)7-12(15)16;;1-2/h4-12H,3,13-16H2,1-2H3;3-11,25H,2,12-15H2,1H3,(H,21,23);1-9,22,25H,10-14H2,(H,20,23);6-10,15H,11-12H2,1-5H3;1-4,13H,5-8H2,(H,15,16);1H4;2H,1H2. The third-order valence-electron chi connectivity index (χ3n) is 17.6. The van der Waals surface area contributed by atoms with Crippen LogP contribution in [0.4, 0.5) is 22.7 Å². The number of methoxy groups -OCH3 is 1. The molecule has 8 aromatic carbocycles. The molecule has 0 bridgehead atoms. The smallest absolute Gasteiger partial charge is 0.307 e. The Bertz CT molecular complexity index is 3640. The number of rotatable bonds is 35. The minimum atomic E-state index is -1.58. The van der Waals surface area contributed by atoms with Crippen LogP contribution in [0.15, 0.2) is 218 Å². The molecule has 0 saturated heterocycles. The van der Waals surface area contributed by atoms with Crippen LogP contribution >= 0.6 is 0 Å². The molecule has 23 nitrogen and oxygen atoms in total. The molecule has 0 aromatic heterocycles. The summed E-state index contributed by atoms with van der Waals surface area (Å²) in [5.41, 5.74) is 14.5. The maximum absolute atomic E-state index is 12.7. The fraction of sp³-hybridized carbons (Fsp3) is 0.356. The van der Waals surface area contributed by atoms with Crippen LogP contribution in [0, 0.1) is 0 Å². The van der Waals surface area contributed by atoms with Gasteiger partial charge in [-0.05, 0) is 150 Å². The Morgan fingerprint density at radius 2 is 0.748 bits per heavy atom. The van der Waals surface area contributed by atoms with E-state index < -0.39 is 32.7 Å². The van der Waals surface area contributed by atoms with E-state index in [2.05, 4.69) is 75.8 Å². The molecule has 0 radical (unpaired) electrons. The first-order valence-corrected chi connectivity index (χ1v) is 39.7. The van der Waals surface area contributed by atoms with Crippen molar-refractivity contribution >= 4 is 78.3 Å². The van der Waals surface area contributed by atoms with E-state index in [1.54, 1.807) is 28.0 Å². The van der Waals surface area contributed by atoms with Gasteiger partial charge in [0, 0.05) is 74.6 Å². The molecule has 11 N–H and O–H groups in total. The van der Waals surface area contributed by atoms with Crippen molar-refractivity contribution < 1.29 is 78.5 Å². The molecule has 0 aliphatic rings. The van der Waals surface area contributed by atoms with Gasteiger partial charge >= 0.3 is 11.9 Å². The summed E-state index contributed by atoms with van der Waals surface area (Å²) in [5, 5.41) is 53.5. The number of Topliss-reactive ketones (excluding diaryl/α,β-unsaturated/α-hetero) is 1. The largest absolute Gasteiger partial charge is 0.481 e. The highest BCUT2D eigenvalue weighted by molar-refractivity contribution is 6.74. The lowest BCUT2D eigenvalue weighted by Gasteiger charge is -2.36. The summed E-state index contributed by atoms with van der Waals surface area (Å²) in [5.74, 6) is 1.48. The molecule has 600 valence electrons. The molecule has 0 unspecified atom stereocenters. The van der Waals surface area contributed by atoms with Crippen molar-refractivity contribution in [2.24, 2.45) is 5.90 Å². The van der Waals surface area contributed by atoms with Gasteiger partial charge in [0.2, 0.25) is 29.5 Å². The van der Waals surface area contributed by atoms with E-state index in [1.165, 1.54) is 7.11 Å². The second-order valence-electron chi connectivity index (χ2n) is 27.0. The molecule has 0 spiro atoms. The lowest BCUT2D eigenvalue weighted by atomic mass is 10.0. The molecular formula is C87H117N7O16Si. The van der Waals surface area contributed by atoms with Crippen molar-refractivity contribution in [3.63, 3.8) is 0 Å². The number of aliphatic hydroxyl groups is 2. The van der Waals surface area contributed by atoms with Gasteiger partial charge in [-0.2, -0.15) is 0 Å². The molecule has 0 heterocycles. The number of carboxylic acids is 1. The van der Waals surface area contributed by atoms with Crippen LogP contribution in [0.2, 0.25) is 18.1 Å². The van der Waals surface area contributed by atoms with Crippen LogP contribution in [0.5, 0.6) is 0 Å². The predicted octanol–water partition coefficient (Wildman–Crippen LogP) is 13.5. The second-order valence-corrected chi connectivity index (χ2v) is 31.8. The summed E-state index contributed by atoms with van der Waals surface area (Å²) in [6.07, 6.45) is 6.15. The Labute approximate surface area is 656 Å². The van der Waals surface area contributed by atoms with Crippen LogP contribution in [0.25, 0.3) is 0 Å². The number of carbonyl (C=O) groups is 8. The first-order valence-electron chi connectivity index (χ1n) is 36.8. The first kappa shape index (κ1) is 96.5. The van der Waals surface area contributed by atoms with Gasteiger partial charge in [-0.3, -0.25) is 48.8 Å². The molecule has 24 heteroatoms. The number of aliphatic carboxylic acids is 1. The number of hydrogen-bond donors (Lipinski definition) is 10. The summed E-state index contributed by atoms with van der Waals surface area (Å²) in [4.78, 5) is 97.8. The van der Waals surface area contributed by atoms with Gasteiger partial charge in [0.05, 0.1) is 46.0 Å². The van der Waals surface area contributed by atoms with Crippen molar-refractivity contribution in [3.8, 4) is 0 Å². The van der Waals surface area contributed by atoms with Crippen molar-refractivity contribution in [1.29, 1.82) is 0 Å². The number of anilines is 4. The third-order valence-corrected chi connectivity index (χ3v) is 22.1. The fourth-order valence-corrected chi connectivity index (χ4v) is 11.5. The topological polar surface area (TPSA) is 348 Å². The summed E-state index contributed by atoms with van der Waals surface area (Å²) >= 11 is 0. The van der Waals surface area contributed by atoms with E-state index in [1.807, 2.05) is 204 Å². The number of aryl methyl sites for hydroxylation is 4. The Balaban J connectivity index is 0.000000472. The lowest BCUT2D eigenvalue weighted by molar-refractivity contribution is -0.140. The number of nitrogens with two attached hydrogens (primary N) is 1. The number of ketones is 1. The minimum absolute atomic E-state index is 0. The van der Waals surface area contributed by atoms with E-state index in [-0.39, 0.29) is 75.7 Å². The Morgan fingerprint density at radius 1 is 0.441 bits per heavy atom. The highest BCUT2D eigenvalue weighted by Crippen LogP contribution is 2.36. The van der Waals surface area contributed by atoms with Crippen LogP contribution in [0.3, 0.4) is 0 Å². The quantitative estimate of drug-likeness (QED) is 0.00580. The van der Waals surface area contributed by atoms with Crippen molar-refractivity contribution in [1.82, 2.24) is 11.0 Å². The third kappa shape index (κ3) is 39.1. The molecule has 8 aromatic rings. The molecule has 0 saturated carbocycles. The zero-order valence-corrected chi connectivity index (χ0v) is 65.8. The number of amides is 5. The summed E-state index contributed by atoms with van der Waals surface area (Å²) in [7, 11) is -0.188. The van der Waals surface area contributed by atoms with Gasteiger partial charge in [0.15, 0.2) is 14.1 Å². The number of esters is 1. The highest BCUT2D eigenvalue weighted by Gasteiger charge is 2.37. The number of aliphatic hydroxyl groups excluding tert-OH is 2. The Morgan fingerprint density at radius 3 is 1.05 bits per heavy atom. The first-order chi connectivity index (χ1) is 52.8. The Hall–Kier alpha value is -10.5. The van der Waals surface area contributed by atoms with E-state index in [9.17, 15) is 43.5 Å². The highest BCUT2D eigenvalue weighted by atomic mass is 28.4. The number of hydrogen-bond acceptors (Lipinski definition) is 17. The number of hydroxylamine groups is 2. The van der Waals surface area contributed by atoms with E-state index in [0.29, 0.717) is 69.5 Å². The van der Waals surface area contributed by atoms with E-state index >= 15 is 0 Å². The molecule has 0 atom stereocenters. The molecule has 0 fully saturated rings. The lowest BCUT2D eigenvalue weighted by Crippen LogP contribution is -2.41. The van der Waals surface area contributed by atoms with Gasteiger partial charge in [0.1, 0.15) is 6.61 Å². The zero-order valence-electron chi connectivity index (χ0n) is 64.8. The van der Waals surface area contributed by atoms with Crippen LogP contribution < -0.4 is 36.9 Å². The number of nitrogens with zero attached hydrogens (tertiary/aromatic N) is 3. The summed E-state index contributed by atoms with van der Waals surface area (Å²) < 4.78 is 10.7. The van der Waals surface area contributed by atoms with Gasteiger partial charge < -0.3 is 49.7 Å². The van der Waals surface area contributed by atoms with Crippen molar-refractivity contribution in [3.05, 3.63) is 263 Å². The average Bonchev–Trinajstić information content (AvgIpc) is 0.866. The Kier molecular flexibility index (Phi) is 47.8. The maximum atomic E-state index is 12.7. The summed E-state index contributed by atoms with van der Waals surface area (Å²) in [6, 6.07) is 69.0. The van der Waals surface area contributed by atoms with Crippen molar-refractivity contribution in [2.75, 3.05) is 73.1 Å². The molecular weight excluding hydrogens is 1430 g/mol. The van der Waals surface area contributed by atoms with Gasteiger partial charge in [-0.25, -0.2) is 16.9 Å². The van der Waals surface area contributed by atoms with Gasteiger partial charge in [0.25, 0.3) is 0 Å². The average molecular weight is 1550 g/mol. The second kappa shape index (κ2) is 55.0. The van der Waals surface area contributed by atoms with E-state index in [0.717, 1.165) is 93.3 Å². The fourth-order valence-electron chi connectivity index (χ4n) is 10.5. The van der Waals surface area contributed by atoms with Crippen LogP contribution in [-0.4, -0.2) is 140 Å². The van der Waals surface area contributed by atoms with Crippen LogP contribution in [0.1, 0.15) is 125 Å². The van der Waals surface area contributed by atoms with Crippen molar-refractivity contribution in [2.45, 2.75) is 150 Å². The number of carboxylic acid groups (broad SMARTS) is 1.